The Hall–Kier alpha value is -2.47. The molecule has 23 heavy (non-hydrogen) atoms. The van der Waals surface area contributed by atoms with Gasteiger partial charge in [0.25, 0.3) is 5.91 Å². The van der Waals surface area contributed by atoms with Crippen LogP contribution in [-0.4, -0.2) is 26.7 Å². The van der Waals surface area contributed by atoms with E-state index in [0.29, 0.717) is 17.2 Å². The third-order valence-corrected chi connectivity index (χ3v) is 3.23. The number of methoxy groups -OCH3 is 2. The predicted octanol–water partition coefficient (Wildman–Crippen LogP) is 3.51. The van der Waals surface area contributed by atoms with Crippen molar-refractivity contribution >= 4 is 23.2 Å². The molecule has 2 aromatic rings. The van der Waals surface area contributed by atoms with E-state index in [-0.39, 0.29) is 17.4 Å². The molecule has 2 rings (SSSR count). The zero-order valence-corrected chi connectivity index (χ0v) is 13.3. The molecular formula is C16H15ClFNO4. The highest BCUT2D eigenvalue weighted by atomic mass is 35.5. The smallest absolute Gasteiger partial charge is 0.262 e. The Morgan fingerprint density at radius 1 is 1.13 bits per heavy atom. The van der Waals surface area contributed by atoms with Gasteiger partial charge < -0.3 is 19.5 Å². The van der Waals surface area contributed by atoms with Gasteiger partial charge in [0.1, 0.15) is 23.1 Å². The Labute approximate surface area is 137 Å². The number of anilines is 1. The molecule has 0 aromatic heterocycles. The van der Waals surface area contributed by atoms with Gasteiger partial charge in [0.2, 0.25) is 0 Å². The summed E-state index contributed by atoms with van der Waals surface area (Å²) < 4.78 is 28.5. The van der Waals surface area contributed by atoms with Gasteiger partial charge in [-0.1, -0.05) is 11.6 Å². The first-order valence-corrected chi connectivity index (χ1v) is 7.01. The van der Waals surface area contributed by atoms with Crippen molar-refractivity contribution in [2.24, 2.45) is 0 Å². The summed E-state index contributed by atoms with van der Waals surface area (Å²) in [6.45, 7) is -0.277. The van der Waals surface area contributed by atoms with Gasteiger partial charge in [-0.3, -0.25) is 4.79 Å². The lowest BCUT2D eigenvalue weighted by molar-refractivity contribution is -0.118. The molecule has 0 unspecified atom stereocenters. The summed E-state index contributed by atoms with van der Waals surface area (Å²) in [4.78, 5) is 11.9. The molecule has 0 radical (unpaired) electrons. The van der Waals surface area contributed by atoms with Gasteiger partial charge in [0.05, 0.1) is 24.9 Å². The normalized spacial score (nSPS) is 10.1. The van der Waals surface area contributed by atoms with Crippen LogP contribution in [0.4, 0.5) is 10.1 Å². The molecule has 1 N–H and O–H groups in total. The second kappa shape index (κ2) is 7.69. The fourth-order valence-electron chi connectivity index (χ4n) is 1.82. The first-order valence-electron chi connectivity index (χ1n) is 6.63. The molecule has 2 aromatic carbocycles. The summed E-state index contributed by atoms with van der Waals surface area (Å²) in [7, 11) is 3.02. The van der Waals surface area contributed by atoms with Crippen LogP contribution in [0, 0.1) is 5.82 Å². The molecule has 122 valence electrons. The Balaban J connectivity index is 1.99. The summed E-state index contributed by atoms with van der Waals surface area (Å²) >= 11 is 5.82. The third-order valence-electron chi connectivity index (χ3n) is 2.94. The van der Waals surface area contributed by atoms with Gasteiger partial charge in [0, 0.05) is 6.07 Å². The van der Waals surface area contributed by atoms with Crippen molar-refractivity contribution in [1.82, 2.24) is 0 Å². The number of rotatable bonds is 6. The van der Waals surface area contributed by atoms with Gasteiger partial charge >= 0.3 is 0 Å². The van der Waals surface area contributed by atoms with Crippen LogP contribution >= 0.6 is 11.6 Å². The number of benzene rings is 2. The molecule has 0 heterocycles. The lowest BCUT2D eigenvalue weighted by Crippen LogP contribution is -2.20. The molecule has 7 heteroatoms. The molecule has 0 saturated heterocycles. The molecule has 0 atom stereocenters. The van der Waals surface area contributed by atoms with Crippen LogP contribution in [0.5, 0.6) is 17.2 Å². The Kier molecular flexibility index (Phi) is 5.65. The molecule has 0 spiro atoms. The van der Waals surface area contributed by atoms with Crippen molar-refractivity contribution in [2.45, 2.75) is 0 Å². The molecule has 5 nitrogen and oxygen atoms in total. The topological polar surface area (TPSA) is 56.8 Å². The number of carbonyl (C=O) groups excluding carboxylic acids is 1. The zero-order valence-electron chi connectivity index (χ0n) is 12.6. The molecular weight excluding hydrogens is 325 g/mol. The number of carbonyl (C=O) groups is 1. The average molecular weight is 340 g/mol. The van der Waals surface area contributed by atoms with E-state index < -0.39 is 11.7 Å². The molecule has 0 fully saturated rings. The van der Waals surface area contributed by atoms with Gasteiger partial charge in [0.15, 0.2) is 6.61 Å². The van der Waals surface area contributed by atoms with E-state index in [9.17, 15) is 9.18 Å². The fourth-order valence-corrected chi connectivity index (χ4v) is 2.05. The zero-order chi connectivity index (χ0) is 16.8. The van der Waals surface area contributed by atoms with E-state index in [1.807, 2.05) is 0 Å². The van der Waals surface area contributed by atoms with Crippen LogP contribution in [0.2, 0.25) is 5.02 Å². The summed E-state index contributed by atoms with van der Waals surface area (Å²) in [6.07, 6.45) is 0. The molecule has 0 saturated carbocycles. The van der Waals surface area contributed by atoms with Gasteiger partial charge in [-0.05, 0) is 30.3 Å². The Bertz CT molecular complexity index is 708. The highest BCUT2D eigenvalue weighted by molar-refractivity contribution is 6.32. The van der Waals surface area contributed by atoms with Crippen molar-refractivity contribution in [1.29, 1.82) is 0 Å². The molecule has 0 aliphatic carbocycles. The largest absolute Gasteiger partial charge is 0.497 e. The van der Waals surface area contributed by atoms with Crippen molar-refractivity contribution in [3.05, 3.63) is 47.2 Å². The van der Waals surface area contributed by atoms with E-state index in [4.69, 9.17) is 25.8 Å². The van der Waals surface area contributed by atoms with Gasteiger partial charge in [-0.15, -0.1) is 0 Å². The van der Waals surface area contributed by atoms with E-state index in [2.05, 4.69) is 5.32 Å². The molecule has 0 aliphatic heterocycles. The number of ether oxygens (including phenoxy) is 3. The second-order valence-corrected chi connectivity index (χ2v) is 4.89. The minimum Gasteiger partial charge on any atom is -0.497 e. The Morgan fingerprint density at radius 2 is 1.91 bits per heavy atom. The molecule has 0 aliphatic rings. The van der Waals surface area contributed by atoms with Crippen LogP contribution < -0.4 is 19.5 Å². The van der Waals surface area contributed by atoms with Crippen LogP contribution in [0.3, 0.4) is 0 Å². The fraction of sp³-hybridized carbons (Fsp3) is 0.188. The number of halogens is 2. The Morgan fingerprint density at radius 3 is 2.57 bits per heavy atom. The van der Waals surface area contributed by atoms with E-state index in [1.165, 1.54) is 26.4 Å². The van der Waals surface area contributed by atoms with E-state index in [0.717, 1.165) is 6.07 Å². The maximum atomic E-state index is 12.9. The third kappa shape index (κ3) is 4.50. The van der Waals surface area contributed by atoms with Crippen LogP contribution in [0.1, 0.15) is 0 Å². The van der Waals surface area contributed by atoms with E-state index in [1.54, 1.807) is 18.2 Å². The SMILES string of the molecule is COc1ccc(NC(=O)COc2ccc(F)cc2Cl)c(OC)c1. The second-order valence-electron chi connectivity index (χ2n) is 4.48. The number of nitrogens with one attached hydrogen (secondary N) is 1. The van der Waals surface area contributed by atoms with Crippen LogP contribution in [-0.2, 0) is 4.79 Å². The highest BCUT2D eigenvalue weighted by Crippen LogP contribution is 2.29. The number of hydrogen-bond donors (Lipinski definition) is 1. The summed E-state index contributed by atoms with van der Waals surface area (Å²) in [5.74, 6) is 0.403. The number of hydrogen-bond acceptors (Lipinski definition) is 4. The molecule has 0 bridgehead atoms. The maximum Gasteiger partial charge on any atom is 0.262 e. The van der Waals surface area contributed by atoms with Crippen molar-refractivity contribution in [3.63, 3.8) is 0 Å². The summed E-state index contributed by atoms with van der Waals surface area (Å²) in [5, 5.41) is 2.75. The molecule has 1 amide bonds. The highest BCUT2D eigenvalue weighted by Gasteiger charge is 2.11. The van der Waals surface area contributed by atoms with Gasteiger partial charge in [-0.2, -0.15) is 0 Å². The predicted molar refractivity (Wildman–Crippen MR) is 85.1 cm³/mol. The van der Waals surface area contributed by atoms with Crippen molar-refractivity contribution < 1.29 is 23.4 Å². The summed E-state index contributed by atoms with van der Waals surface area (Å²) in [5.41, 5.74) is 0.479. The minimum atomic E-state index is -0.477. The quantitative estimate of drug-likeness (QED) is 0.875. The standard InChI is InChI=1S/C16H15ClFNO4/c1-21-11-4-5-13(15(8-11)22-2)19-16(20)9-23-14-6-3-10(18)7-12(14)17/h3-8H,9H2,1-2H3,(H,19,20). The van der Waals surface area contributed by atoms with E-state index >= 15 is 0 Å². The van der Waals surface area contributed by atoms with Gasteiger partial charge in [-0.25, -0.2) is 4.39 Å². The van der Waals surface area contributed by atoms with Crippen LogP contribution in [0.15, 0.2) is 36.4 Å². The lowest BCUT2D eigenvalue weighted by Gasteiger charge is -2.12. The van der Waals surface area contributed by atoms with Crippen molar-refractivity contribution in [3.8, 4) is 17.2 Å². The summed E-state index contributed by atoms with van der Waals surface area (Å²) in [6, 6.07) is 8.66. The average Bonchev–Trinajstić information content (AvgIpc) is 2.54. The number of amides is 1. The lowest BCUT2D eigenvalue weighted by atomic mass is 10.2. The first kappa shape index (κ1) is 16.9. The van der Waals surface area contributed by atoms with Crippen molar-refractivity contribution in [2.75, 3.05) is 26.1 Å². The maximum absolute atomic E-state index is 12.9. The van der Waals surface area contributed by atoms with Crippen LogP contribution in [0.25, 0.3) is 0 Å². The first-order chi connectivity index (χ1) is 11.0. The minimum absolute atomic E-state index is 0.0971. The monoisotopic (exact) mass is 339 g/mol.